The first-order chi connectivity index (χ1) is 9.86. The van der Waals surface area contributed by atoms with Gasteiger partial charge in [0.2, 0.25) is 0 Å². The van der Waals surface area contributed by atoms with E-state index >= 15 is 0 Å². The van der Waals surface area contributed by atoms with Gasteiger partial charge in [-0.2, -0.15) is 0 Å². The molecule has 3 nitrogen and oxygen atoms in total. The van der Waals surface area contributed by atoms with Crippen LogP contribution in [0.5, 0.6) is 0 Å². The standard InChI is InChI=1S/C15H14ClN3S/c16-7-2-4-11-3-1-5-12(9-11)19-15-14-13(6-8-20-14)17-10-18-15/h1,3,5-6,8-10H,2,4,7H2,(H,17,18,19). The van der Waals surface area contributed by atoms with E-state index in [2.05, 4.69) is 33.5 Å². The molecule has 0 aliphatic carbocycles. The Kier molecular flexibility index (Phi) is 4.14. The highest BCUT2D eigenvalue weighted by molar-refractivity contribution is 7.17. The number of anilines is 2. The van der Waals surface area contributed by atoms with E-state index in [9.17, 15) is 0 Å². The molecule has 0 saturated carbocycles. The number of fused-ring (bicyclic) bond motifs is 1. The highest BCUT2D eigenvalue weighted by Gasteiger charge is 2.05. The van der Waals surface area contributed by atoms with Crippen molar-refractivity contribution in [2.45, 2.75) is 12.8 Å². The fraction of sp³-hybridized carbons (Fsp3) is 0.200. The fourth-order valence-electron chi connectivity index (χ4n) is 2.09. The lowest BCUT2D eigenvalue weighted by Gasteiger charge is -2.08. The van der Waals surface area contributed by atoms with Crippen LogP contribution in [0.2, 0.25) is 0 Å². The monoisotopic (exact) mass is 303 g/mol. The van der Waals surface area contributed by atoms with Crippen molar-refractivity contribution in [3.63, 3.8) is 0 Å². The predicted molar refractivity (Wildman–Crippen MR) is 86.2 cm³/mol. The summed E-state index contributed by atoms with van der Waals surface area (Å²) >= 11 is 7.39. The first-order valence-electron chi connectivity index (χ1n) is 6.47. The van der Waals surface area contributed by atoms with E-state index in [0.717, 1.165) is 34.6 Å². The summed E-state index contributed by atoms with van der Waals surface area (Å²) in [7, 11) is 0. The van der Waals surface area contributed by atoms with Gasteiger partial charge in [-0.15, -0.1) is 22.9 Å². The van der Waals surface area contributed by atoms with E-state index < -0.39 is 0 Å². The van der Waals surface area contributed by atoms with Crippen LogP contribution in [0.25, 0.3) is 10.2 Å². The number of alkyl halides is 1. The molecule has 1 N–H and O–H groups in total. The van der Waals surface area contributed by atoms with Crippen molar-refractivity contribution in [3.8, 4) is 0 Å². The molecule has 2 aromatic heterocycles. The van der Waals surface area contributed by atoms with Crippen molar-refractivity contribution < 1.29 is 0 Å². The number of benzene rings is 1. The van der Waals surface area contributed by atoms with Crippen LogP contribution in [0.1, 0.15) is 12.0 Å². The number of aryl methyl sites for hydroxylation is 1. The summed E-state index contributed by atoms with van der Waals surface area (Å²) in [6.45, 7) is 0. The molecule has 20 heavy (non-hydrogen) atoms. The van der Waals surface area contributed by atoms with Crippen LogP contribution in [0.15, 0.2) is 42.0 Å². The molecule has 0 aliphatic heterocycles. The van der Waals surface area contributed by atoms with Crippen molar-refractivity contribution in [2.24, 2.45) is 0 Å². The van der Waals surface area contributed by atoms with E-state index in [4.69, 9.17) is 11.6 Å². The lowest BCUT2D eigenvalue weighted by Crippen LogP contribution is -1.95. The van der Waals surface area contributed by atoms with Crippen molar-refractivity contribution in [1.29, 1.82) is 0 Å². The molecule has 3 rings (SSSR count). The maximum absolute atomic E-state index is 5.74. The minimum absolute atomic E-state index is 0.694. The Hall–Kier alpha value is -1.65. The van der Waals surface area contributed by atoms with E-state index in [1.165, 1.54) is 5.56 Å². The van der Waals surface area contributed by atoms with Crippen LogP contribution in [0.4, 0.5) is 11.5 Å². The first-order valence-corrected chi connectivity index (χ1v) is 7.88. The number of hydrogen-bond acceptors (Lipinski definition) is 4. The van der Waals surface area contributed by atoms with Crippen molar-refractivity contribution >= 4 is 44.7 Å². The number of rotatable bonds is 5. The summed E-state index contributed by atoms with van der Waals surface area (Å²) in [5.74, 6) is 1.55. The number of aromatic nitrogens is 2. The fourth-order valence-corrected chi connectivity index (χ4v) is 3.01. The molecule has 0 amide bonds. The first kappa shape index (κ1) is 13.3. The van der Waals surface area contributed by atoms with Crippen molar-refractivity contribution in [3.05, 3.63) is 47.6 Å². The second-order valence-corrected chi connectivity index (χ2v) is 5.77. The molecular formula is C15H14ClN3S. The minimum atomic E-state index is 0.694. The molecule has 0 fully saturated rings. The number of nitrogens with one attached hydrogen (secondary N) is 1. The molecular weight excluding hydrogens is 290 g/mol. The number of nitrogens with zero attached hydrogens (tertiary/aromatic N) is 2. The molecule has 0 radical (unpaired) electrons. The van der Waals surface area contributed by atoms with Gasteiger partial charge in [0, 0.05) is 11.6 Å². The summed E-state index contributed by atoms with van der Waals surface area (Å²) in [6, 6.07) is 10.4. The van der Waals surface area contributed by atoms with Crippen LogP contribution in [0, 0.1) is 0 Å². The highest BCUT2D eigenvalue weighted by atomic mass is 35.5. The van der Waals surface area contributed by atoms with Crippen molar-refractivity contribution in [1.82, 2.24) is 9.97 Å². The maximum Gasteiger partial charge on any atom is 0.151 e. The number of hydrogen-bond donors (Lipinski definition) is 1. The zero-order valence-electron chi connectivity index (χ0n) is 10.8. The third-order valence-electron chi connectivity index (χ3n) is 3.03. The van der Waals surface area contributed by atoms with Gasteiger partial charge in [-0.1, -0.05) is 12.1 Å². The minimum Gasteiger partial charge on any atom is -0.339 e. The Morgan fingerprint density at radius 1 is 1.20 bits per heavy atom. The summed E-state index contributed by atoms with van der Waals surface area (Å²) in [5.41, 5.74) is 3.31. The van der Waals surface area contributed by atoms with Crippen molar-refractivity contribution in [2.75, 3.05) is 11.2 Å². The molecule has 0 bridgehead atoms. The zero-order valence-corrected chi connectivity index (χ0v) is 12.4. The highest BCUT2D eigenvalue weighted by Crippen LogP contribution is 2.27. The van der Waals surface area contributed by atoms with E-state index in [1.807, 2.05) is 17.5 Å². The molecule has 102 valence electrons. The smallest absolute Gasteiger partial charge is 0.151 e. The van der Waals surface area contributed by atoms with Gasteiger partial charge in [0.05, 0.1) is 10.2 Å². The van der Waals surface area contributed by atoms with E-state index in [0.29, 0.717) is 5.88 Å². The number of thiophene rings is 1. The second kappa shape index (κ2) is 6.20. The second-order valence-electron chi connectivity index (χ2n) is 4.48. The quantitative estimate of drug-likeness (QED) is 0.700. The molecule has 0 spiro atoms. The van der Waals surface area contributed by atoms with Crippen LogP contribution < -0.4 is 5.32 Å². The van der Waals surface area contributed by atoms with Gasteiger partial charge in [0.15, 0.2) is 5.82 Å². The van der Waals surface area contributed by atoms with E-state index in [-0.39, 0.29) is 0 Å². The SMILES string of the molecule is ClCCCc1cccc(Nc2ncnc3ccsc23)c1. The number of halogens is 1. The van der Waals surface area contributed by atoms with Gasteiger partial charge in [0.25, 0.3) is 0 Å². The average molecular weight is 304 g/mol. The molecule has 0 aliphatic rings. The Balaban J connectivity index is 1.85. The molecule has 3 aromatic rings. The molecule has 0 unspecified atom stereocenters. The summed E-state index contributed by atoms with van der Waals surface area (Å²) < 4.78 is 1.08. The zero-order chi connectivity index (χ0) is 13.8. The third kappa shape index (κ3) is 2.92. The summed E-state index contributed by atoms with van der Waals surface area (Å²) in [6.07, 6.45) is 3.58. The van der Waals surface area contributed by atoms with Gasteiger partial charge in [0.1, 0.15) is 6.33 Å². The Bertz CT molecular complexity index is 711. The molecule has 1 aromatic carbocycles. The topological polar surface area (TPSA) is 37.8 Å². The third-order valence-corrected chi connectivity index (χ3v) is 4.21. The van der Waals surface area contributed by atoms with Gasteiger partial charge in [-0.25, -0.2) is 9.97 Å². The largest absolute Gasteiger partial charge is 0.339 e. The lowest BCUT2D eigenvalue weighted by atomic mass is 10.1. The molecule has 0 atom stereocenters. The van der Waals surface area contributed by atoms with Crippen LogP contribution in [-0.4, -0.2) is 15.8 Å². The summed E-state index contributed by atoms with van der Waals surface area (Å²) in [4.78, 5) is 8.58. The van der Waals surface area contributed by atoms with Crippen LogP contribution in [-0.2, 0) is 6.42 Å². The van der Waals surface area contributed by atoms with E-state index in [1.54, 1.807) is 17.7 Å². The predicted octanol–water partition coefficient (Wildman–Crippen LogP) is 4.61. The van der Waals surface area contributed by atoms with Gasteiger partial charge >= 0.3 is 0 Å². The Morgan fingerprint density at radius 2 is 2.15 bits per heavy atom. The Morgan fingerprint density at radius 3 is 3.05 bits per heavy atom. The lowest BCUT2D eigenvalue weighted by molar-refractivity contribution is 0.929. The summed E-state index contributed by atoms with van der Waals surface area (Å²) in [5, 5.41) is 5.41. The van der Waals surface area contributed by atoms with Crippen LogP contribution >= 0.6 is 22.9 Å². The normalized spacial score (nSPS) is 10.8. The molecule has 2 heterocycles. The van der Waals surface area contributed by atoms with Crippen LogP contribution in [0.3, 0.4) is 0 Å². The van der Waals surface area contributed by atoms with Gasteiger partial charge in [-0.3, -0.25) is 0 Å². The average Bonchev–Trinajstić information content (AvgIpc) is 2.95. The molecule has 0 saturated heterocycles. The van der Waals surface area contributed by atoms with Gasteiger partial charge < -0.3 is 5.32 Å². The maximum atomic E-state index is 5.74. The van der Waals surface area contributed by atoms with Gasteiger partial charge in [-0.05, 0) is 42.0 Å². The molecule has 5 heteroatoms. The Labute approximate surface area is 126 Å².